The van der Waals surface area contributed by atoms with Gasteiger partial charge in [0.05, 0.1) is 22.9 Å². The van der Waals surface area contributed by atoms with Crippen molar-refractivity contribution in [3.8, 4) is 0 Å². The van der Waals surface area contributed by atoms with Gasteiger partial charge in [-0.15, -0.1) is 0 Å². The lowest BCUT2D eigenvalue weighted by atomic mass is 9.94. The molecule has 0 radical (unpaired) electrons. The van der Waals surface area contributed by atoms with Crippen molar-refractivity contribution in [2.45, 2.75) is 18.3 Å². The predicted molar refractivity (Wildman–Crippen MR) is 139 cm³/mol. The molecule has 2 amide bonds. The van der Waals surface area contributed by atoms with Crippen LogP contribution in [-0.2, 0) is 5.41 Å². The van der Waals surface area contributed by atoms with Gasteiger partial charge in [0.15, 0.2) is 0 Å². The molecule has 1 aliphatic carbocycles. The van der Waals surface area contributed by atoms with E-state index in [0.29, 0.717) is 33.7 Å². The summed E-state index contributed by atoms with van der Waals surface area (Å²) in [4.78, 5) is 32.0. The van der Waals surface area contributed by atoms with Gasteiger partial charge in [-0.2, -0.15) is 0 Å². The standard InChI is InChI=1S/C26H26Cl2N4O3/c1-32(12-13-33)16-26(10-11-26)18-4-2-17(3-5-18)24(34)30-22-8-6-19(27)14-21(22)25(35)31-23-9-7-20(28)15-29-23/h2-9,14-15,33H,10-13,16H2,1H3,(H,30,34)(H,29,31,35). The summed E-state index contributed by atoms with van der Waals surface area (Å²) in [6.07, 6.45) is 3.60. The van der Waals surface area contributed by atoms with Crippen LogP contribution in [0.5, 0.6) is 0 Å². The maximum Gasteiger partial charge on any atom is 0.258 e. The van der Waals surface area contributed by atoms with Gasteiger partial charge < -0.3 is 20.6 Å². The SMILES string of the molecule is CN(CCO)CC1(c2ccc(C(=O)Nc3ccc(Cl)cc3C(=O)Nc3ccc(Cl)cn3)cc2)CC1. The number of likely N-dealkylation sites (N-methyl/N-ethyl adjacent to an activating group) is 1. The number of anilines is 2. The van der Waals surface area contributed by atoms with Crippen LogP contribution in [0, 0.1) is 0 Å². The van der Waals surface area contributed by atoms with Crippen LogP contribution in [0.15, 0.2) is 60.8 Å². The molecule has 0 atom stereocenters. The monoisotopic (exact) mass is 512 g/mol. The molecule has 0 saturated heterocycles. The van der Waals surface area contributed by atoms with E-state index in [9.17, 15) is 9.59 Å². The number of carbonyl (C=O) groups excluding carboxylic acids is 2. The van der Waals surface area contributed by atoms with E-state index in [1.807, 2.05) is 19.2 Å². The number of pyridine rings is 1. The van der Waals surface area contributed by atoms with Gasteiger partial charge in [-0.1, -0.05) is 35.3 Å². The molecular formula is C26H26Cl2N4O3. The first-order chi connectivity index (χ1) is 16.8. The van der Waals surface area contributed by atoms with Gasteiger partial charge in [-0.05, 0) is 67.9 Å². The van der Waals surface area contributed by atoms with Gasteiger partial charge in [0, 0.05) is 35.3 Å². The fraction of sp³-hybridized carbons (Fsp3) is 0.269. The van der Waals surface area contributed by atoms with Gasteiger partial charge in [-0.3, -0.25) is 9.59 Å². The van der Waals surface area contributed by atoms with Crippen molar-refractivity contribution in [2.75, 3.05) is 37.4 Å². The molecule has 1 fully saturated rings. The highest BCUT2D eigenvalue weighted by molar-refractivity contribution is 6.31. The zero-order valence-corrected chi connectivity index (χ0v) is 20.7. The van der Waals surface area contributed by atoms with E-state index in [4.69, 9.17) is 28.3 Å². The zero-order valence-electron chi connectivity index (χ0n) is 19.2. The molecule has 35 heavy (non-hydrogen) atoms. The molecule has 182 valence electrons. The Hall–Kier alpha value is -2.97. The molecule has 1 aliphatic rings. The highest BCUT2D eigenvalue weighted by atomic mass is 35.5. The minimum atomic E-state index is -0.462. The van der Waals surface area contributed by atoms with Crippen LogP contribution in [0.2, 0.25) is 10.0 Å². The second-order valence-electron chi connectivity index (χ2n) is 8.78. The Morgan fingerprint density at radius 2 is 1.71 bits per heavy atom. The molecule has 1 aromatic heterocycles. The van der Waals surface area contributed by atoms with Crippen LogP contribution < -0.4 is 10.6 Å². The number of hydrogen-bond donors (Lipinski definition) is 3. The molecule has 3 N–H and O–H groups in total. The van der Waals surface area contributed by atoms with Crippen molar-refractivity contribution in [2.24, 2.45) is 0 Å². The third kappa shape index (κ3) is 6.18. The summed E-state index contributed by atoms with van der Waals surface area (Å²) in [7, 11) is 2.00. The fourth-order valence-corrected chi connectivity index (χ4v) is 4.36. The number of benzene rings is 2. The first-order valence-corrected chi connectivity index (χ1v) is 12.0. The van der Waals surface area contributed by atoms with Gasteiger partial charge in [0.2, 0.25) is 0 Å². The summed E-state index contributed by atoms with van der Waals surface area (Å²) in [5.41, 5.74) is 2.29. The molecular weight excluding hydrogens is 487 g/mol. The summed E-state index contributed by atoms with van der Waals surface area (Å²) in [6, 6.07) is 15.4. The lowest BCUT2D eigenvalue weighted by Gasteiger charge is -2.23. The number of aliphatic hydroxyl groups excluding tert-OH is 1. The third-order valence-corrected chi connectivity index (χ3v) is 6.57. The minimum absolute atomic E-state index is 0.0794. The van der Waals surface area contributed by atoms with Crippen molar-refractivity contribution in [3.05, 3.63) is 87.5 Å². The molecule has 2 aromatic carbocycles. The van der Waals surface area contributed by atoms with Crippen LogP contribution in [0.3, 0.4) is 0 Å². The van der Waals surface area contributed by atoms with Gasteiger partial charge in [0.25, 0.3) is 11.8 Å². The lowest BCUT2D eigenvalue weighted by molar-refractivity contribution is 0.102. The molecule has 0 spiro atoms. The second kappa shape index (κ2) is 10.7. The van der Waals surface area contributed by atoms with Crippen molar-refractivity contribution in [3.63, 3.8) is 0 Å². The van der Waals surface area contributed by atoms with Crippen LogP contribution in [-0.4, -0.2) is 53.5 Å². The predicted octanol–water partition coefficient (Wildman–Crippen LogP) is 4.85. The molecule has 0 bridgehead atoms. The normalized spacial score (nSPS) is 14.0. The van der Waals surface area contributed by atoms with Gasteiger partial charge >= 0.3 is 0 Å². The zero-order chi connectivity index (χ0) is 25.0. The van der Waals surface area contributed by atoms with Gasteiger partial charge in [0.1, 0.15) is 5.82 Å². The number of carbonyl (C=O) groups is 2. The molecule has 7 nitrogen and oxygen atoms in total. The average Bonchev–Trinajstić information content (AvgIpc) is 3.62. The van der Waals surface area contributed by atoms with E-state index in [0.717, 1.165) is 19.4 Å². The van der Waals surface area contributed by atoms with Crippen LogP contribution >= 0.6 is 23.2 Å². The first kappa shape index (κ1) is 25.1. The largest absolute Gasteiger partial charge is 0.395 e. The quantitative estimate of drug-likeness (QED) is 0.381. The smallest absolute Gasteiger partial charge is 0.258 e. The number of hydrogen-bond acceptors (Lipinski definition) is 5. The summed E-state index contributed by atoms with van der Waals surface area (Å²) in [6.45, 7) is 1.63. The Morgan fingerprint density at radius 3 is 2.34 bits per heavy atom. The average molecular weight is 513 g/mol. The number of nitrogens with zero attached hydrogens (tertiary/aromatic N) is 2. The summed E-state index contributed by atoms with van der Waals surface area (Å²) < 4.78 is 0. The highest BCUT2D eigenvalue weighted by Crippen LogP contribution is 2.48. The molecule has 0 unspecified atom stereocenters. The van der Waals surface area contributed by atoms with E-state index >= 15 is 0 Å². The number of amides is 2. The number of nitrogens with one attached hydrogen (secondary N) is 2. The highest BCUT2D eigenvalue weighted by Gasteiger charge is 2.44. The summed E-state index contributed by atoms with van der Waals surface area (Å²) in [5.74, 6) is -0.471. The Morgan fingerprint density at radius 1 is 1.00 bits per heavy atom. The fourth-order valence-electron chi connectivity index (χ4n) is 4.07. The summed E-state index contributed by atoms with van der Waals surface area (Å²) in [5, 5.41) is 15.5. The van der Waals surface area contributed by atoms with E-state index in [-0.39, 0.29) is 23.5 Å². The van der Waals surface area contributed by atoms with Crippen molar-refractivity contribution in [1.29, 1.82) is 0 Å². The maximum atomic E-state index is 13.0. The maximum absolute atomic E-state index is 13.0. The minimum Gasteiger partial charge on any atom is -0.395 e. The number of aliphatic hydroxyl groups is 1. The topological polar surface area (TPSA) is 94.6 Å². The Labute approximate surface area is 214 Å². The Kier molecular flexibility index (Phi) is 7.72. The van der Waals surface area contributed by atoms with Crippen molar-refractivity contribution in [1.82, 2.24) is 9.88 Å². The van der Waals surface area contributed by atoms with E-state index in [1.54, 1.807) is 36.4 Å². The number of rotatable bonds is 9. The second-order valence-corrected chi connectivity index (χ2v) is 9.65. The molecule has 0 aliphatic heterocycles. The Bertz CT molecular complexity index is 1210. The molecule has 4 rings (SSSR count). The lowest BCUT2D eigenvalue weighted by Crippen LogP contribution is -2.31. The summed E-state index contributed by atoms with van der Waals surface area (Å²) >= 11 is 12.0. The van der Waals surface area contributed by atoms with Crippen LogP contribution in [0.4, 0.5) is 11.5 Å². The van der Waals surface area contributed by atoms with Crippen molar-refractivity contribution >= 4 is 46.5 Å². The van der Waals surface area contributed by atoms with Crippen LogP contribution in [0.1, 0.15) is 39.1 Å². The van der Waals surface area contributed by atoms with E-state index < -0.39 is 5.91 Å². The van der Waals surface area contributed by atoms with E-state index in [1.165, 1.54) is 17.8 Å². The first-order valence-electron chi connectivity index (χ1n) is 11.2. The molecule has 1 heterocycles. The Balaban J connectivity index is 1.47. The molecule has 3 aromatic rings. The van der Waals surface area contributed by atoms with E-state index in [2.05, 4.69) is 20.5 Å². The molecule has 1 saturated carbocycles. The number of halogens is 2. The third-order valence-electron chi connectivity index (χ3n) is 6.11. The number of aromatic nitrogens is 1. The van der Waals surface area contributed by atoms with Gasteiger partial charge in [-0.25, -0.2) is 4.98 Å². The van der Waals surface area contributed by atoms with Crippen LogP contribution in [0.25, 0.3) is 0 Å². The molecule has 9 heteroatoms. The van der Waals surface area contributed by atoms with Crippen molar-refractivity contribution < 1.29 is 14.7 Å².